The monoisotopic (exact) mass is 347 g/mol. The molecular weight excluding hydrogens is 342 g/mol. The maximum Gasteiger partial charge on any atom is 0.357 e. The lowest BCUT2D eigenvalue weighted by molar-refractivity contribution is 0.0581. The van der Waals surface area contributed by atoms with E-state index in [9.17, 15) is 13.6 Å². The van der Waals surface area contributed by atoms with Crippen LogP contribution in [0.1, 0.15) is 22.5 Å². The van der Waals surface area contributed by atoms with Crippen molar-refractivity contribution < 1.29 is 18.3 Å². The first-order valence-electron chi connectivity index (χ1n) is 3.69. The van der Waals surface area contributed by atoms with Crippen LogP contribution in [0.2, 0.25) is 5.15 Å². The van der Waals surface area contributed by atoms with Crippen LogP contribution in [-0.4, -0.2) is 18.1 Å². The van der Waals surface area contributed by atoms with E-state index in [1.165, 1.54) is 0 Å². The Morgan fingerprint density at radius 2 is 2.27 bits per heavy atom. The number of hydrogen-bond donors (Lipinski definition) is 0. The van der Waals surface area contributed by atoms with E-state index in [0.717, 1.165) is 13.2 Å². The number of pyridine rings is 1. The summed E-state index contributed by atoms with van der Waals surface area (Å²) in [5.74, 6) is -0.927. The third-order valence-corrected chi connectivity index (χ3v) is 3.01. The lowest BCUT2D eigenvalue weighted by Crippen LogP contribution is -2.10. The van der Waals surface area contributed by atoms with Gasteiger partial charge in [0, 0.05) is 0 Å². The van der Waals surface area contributed by atoms with Gasteiger partial charge in [-0.1, -0.05) is 11.6 Å². The van der Waals surface area contributed by atoms with Crippen molar-refractivity contribution in [3.8, 4) is 0 Å². The van der Waals surface area contributed by atoms with Gasteiger partial charge in [-0.25, -0.2) is 18.6 Å². The van der Waals surface area contributed by atoms with Gasteiger partial charge in [0.15, 0.2) is 5.69 Å². The van der Waals surface area contributed by atoms with E-state index < -0.39 is 23.7 Å². The molecule has 0 N–H and O–H groups in total. The molecule has 0 unspecified atom stereocenters. The zero-order chi connectivity index (χ0) is 11.6. The van der Waals surface area contributed by atoms with Crippen molar-refractivity contribution in [2.45, 2.75) is 6.43 Å². The maximum atomic E-state index is 12.5. The molecule has 82 valence electrons. The molecule has 0 spiro atoms. The summed E-state index contributed by atoms with van der Waals surface area (Å²) in [6.45, 7) is 0. The highest BCUT2D eigenvalue weighted by Gasteiger charge is 2.22. The predicted octanol–water partition coefficient (Wildman–Crippen LogP) is 3.06. The number of carbonyl (C=O) groups is 1. The molecule has 7 heteroatoms. The second-order valence-electron chi connectivity index (χ2n) is 2.49. The molecule has 0 bridgehead atoms. The number of hydrogen-bond acceptors (Lipinski definition) is 3. The van der Waals surface area contributed by atoms with E-state index in [2.05, 4.69) is 9.72 Å². The SMILES string of the molecule is COC(=O)c1nc(Cl)c(I)cc1C(F)F. The van der Waals surface area contributed by atoms with Gasteiger partial charge in [-0.2, -0.15) is 0 Å². The molecule has 1 rings (SSSR count). The lowest BCUT2D eigenvalue weighted by Gasteiger charge is -2.07. The minimum atomic E-state index is -2.79. The molecule has 0 aromatic carbocycles. The van der Waals surface area contributed by atoms with Gasteiger partial charge in [0.05, 0.1) is 16.2 Å². The average molecular weight is 347 g/mol. The highest BCUT2D eigenvalue weighted by molar-refractivity contribution is 14.1. The average Bonchev–Trinajstić information content (AvgIpc) is 2.20. The van der Waals surface area contributed by atoms with Crippen LogP contribution in [0, 0.1) is 3.57 Å². The Morgan fingerprint density at radius 1 is 1.67 bits per heavy atom. The van der Waals surface area contributed by atoms with Crippen LogP contribution < -0.4 is 0 Å². The van der Waals surface area contributed by atoms with Gasteiger partial charge in [0.25, 0.3) is 6.43 Å². The number of alkyl halides is 2. The molecule has 0 fully saturated rings. The summed E-state index contributed by atoms with van der Waals surface area (Å²) in [6, 6.07) is 1.12. The third kappa shape index (κ3) is 2.75. The van der Waals surface area contributed by atoms with Crippen LogP contribution in [0.15, 0.2) is 6.07 Å². The number of ether oxygens (including phenoxy) is 1. The Bertz CT molecular complexity index is 400. The van der Waals surface area contributed by atoms with Gasteiger partial charge in [-0.3, -0.25) is 0 Å². The van der Waals surface area contributed by atoms with E-state index in [-0.39, 0.29) is 5.15 Å². The van der Waals surface area contributed by atoms with Crippen LogP contribution in [0.5, 0.6) is 0 Å². The van der Waals surface area contributed by atoms with Gasteiger partial charge in [0.1, 0.15) is 5.15 Å². The molecule has 0 radical (unpaired) electrons. The van der Waals surface area contributed by atoms with Crippen molar-refractivity contribution in [1.29, 1.82) is 0 Å². The fourth-order valence-corrected chi connectivity index (χ4v) is 1.50. The van der Waals surface area contributed by atoms with E-state index >= 15 is 0 Å². The van der Waals surface area contributed by atoms with Crippen LogP contribution in [-0.2, 0) is 4.74 Å². The molecular formula is C8H5ClF2INO2. The first-order valence-corrected chi connectivity index (χ1v) is 5.15. The lowest BCUT2D eigenvalue weighted by atomic mass is 10.2. The van der Waals surface area contributed by atoms with E-state index in [0.29, 0.717) is 3.57 Å². The van der Waals surface area contributed by atoms with Gasteiger partial charge in [-0.05, 0) is 28.7 Å². The zero-order valence-corrected chi connectivity index (χ0v) is 10.3. The zero-order valence-electron chi connectivity index (χ0n) is 7.43. The van der Waals surface area contributed by atoms with Crippen LogP contribution in [0.4, 0.5) is 8.78 Å². The molecule has 0 atom stereocenters. The Morgan fingerprint density at radius 3 is 2.73 bits per heavy atom. The number of esters is 1. The second-order valence-corrected chi connectivity index (χ2v) is 4.01. The molecule has 1 aromatic rings. The van der Waals surface area contributed by atoms with Crippen molar-refractivity contribution in [3.05, 3.63) is 26.0 Å². The first-order chi connectivity index (χ1) is 6.97. The summed E-state index contributed by atoms with van der Waals surface area (Å²) in [4.78, 5) is 14.7. The molecule has 1 aromatic heterocycles. The summed E-state index contributed by atoms with van der Waals surface area (Å²) in [5.41, 5.74) is -0.923. The van der Waals surface area contributed by atoms with Crippen molar-refractivity contribution in [1.82, 2.24) is 4.98 Å². The smallest absolute Gasteiger partial charge is 0.357 e. The van der Waals surface area contributed by atoms with Crippen molar-refractivity contribution >= 4 is 40.2 Å². The normalized spacial score (nSPS) is 10.5. The second kappa shape index (κ2) is 5.02. The van der Waals surface area contributed by atoms with Crippen LogP contribution in [0.25, 0.3) is 0 Å². The van der Waals surface area contributed by atoms with E-state index in [4.69, 9.17) is 11.6 Å². The fourth-order valence-electron chi connectivity index (χ4n) is 0.907. The summed E-state index contributed by atoms with van der Waals surface area (Å²) in [6.07, 6.45) is -2.79. The summed E-state index contributed by atoms with van der Waals surface area (Å²) in [7, 11) is 1.09. The predicted molar refractivity (Wildman–Crippen MR) is 58.3 cm³/mol. The molecule has 0 aliphatic carbocycles. The Labute approximate surface area is 103 Å². The molecule has 0 saturated heterocycles. The Balaban J connectivity index is 3.34. The molecule has 0 aliphatic rings. The van der Waals surface area contributed by atoms with E-state index in [1.807, 2.05) is 0 Å². The minimum absolute atomic E-state index is 0.000370. The number of halogens is 4. The van der Waals surface area contributed by atoms with Crippen molar-refractivity contribution in [3.63, 3.8) is 0 Å². The Hall–Kier alpha value is -0.500. The number of methoxy groups -OCH3 is 1. The summed E-state index contributed by atoms with van der Waals surface area (Å²) in [5, 5.41) is 0.000370. The highest BCUT2D eigenvalue weighted by Crippen LogP contribution is 2.27. The topological polar surface area (TPSA) is 39.2 Å². The van der Waals surface area contributed by atoms with Crippen LogP contribution >= 0.6 is 34.2 Å². The molecule has 1 heterocycles. The van der Waals surface area contributed by atoms with Gasteiger partial charge >= 0.3 is 5.97 Å². The number of aromatic nitrogens is 1. The maximum absolute atomic E-state index is 12.5. The molecule has 3 nitrogen and oxygen atoms in total. The molecule has 0 amide bonds. The highest BCUT2D eigenvalue weighted by atomic mass is 127. The van der Waals surface area contributed by atoms with Crippen molar-refractivity contribution in [2.75, 3.05) is 7.11 Å². The minimum Gasteiger partial charge on any atom is -0.464 e. The molecule has 0 aliphatic heterocycles. The third-order valence-electron chi connectivity index (χ3n) is 1.58. The standard InChI is InChI=1S/C8H5ClF2INO2/c1-15-8(14)5-3(7(10)11)2-4(12)6(9)13-5/h2,7H,1H3. The van der Waals surface area contributed by atoms with Gasteiger partial charge in [0.2, 0.25) is 0 Å². The summed E-state index contributed by atoms with van der Waals surface area (Å²) >= 11 is 7.38. The fraction of sp³-hybridized carbons (Fsp3) is 0.250. The number of nitrogens with zero attached hydrogens (tertiary/aromatic N) is 1. The number of carbonyl (C=O) groups excluding carboxylic acids is 1. The van der Waals surface area contributed by atoms with Crippen LogP contribution in [0.3, 0.4) is 0 Å². The quantitative estimate of drug-likeness (QED) is 0.469. The molecule has 15 heavy (non-hydrogen) atoms. The largest absolute Gasteiger partial charge is 0.464 e. The number of rotatable bonds is 2. The Kier molecular flexibility index (Phi) is 4.21. The van der Waals surface area contributed by atoms with Gasteiger partial charge in [-0.15, -0.1) is 0 Å². The van der Waals surface area contributed by atoms with Gasteiger partial charge < -0.3 is 4.74 Å². The van der Waals surface area contributed by atoms with Crippen molar-refractivity contribution in [2.24, 2.45) is 0 Å². The molecule has 0 saturated carbocycles. The first kappa shape index (κ1) is 12.6. The summed E-state index contributed by atoms with van der Waals surface area (Å²) < 4.78 is 29.8. The van der Waals surface area contributed by atoms with E-state index in [1.54, 1.807) is 22.6 Å².